The van der Waals surface area contributed by atoms with Gasteiger partial charge in [-0.1, -0.05) is 0 Å². The van der Waals surface area contributed by atoms with E-state index in [1.807, 2.05) is 0 Å². The Kier molecular flexibility index (Phi) is 2260000. The van der Waals surface area contributed by atoms with Crippen molar-refractivity contribution < 1.29 is 40.9 Å². The number of rotatable bonds is 0. The first-order valence-electron chi connectivity index (χ1n) is 0. The maximum absolute atomic E-state index is 0. The summed E-state index contributed by atoms with van der Waals surface area (Å²) in [4.78, 5) is 0. The van der Waals surface area contributed by atoms with Crippen LogP contribution in [0.1, 0.15) is 0 Å². The average molecular weight is 147 g/mol. The molecule has 6 heavy (non-hydrogen) atoms. The van der Waals surface area contributed by atoms with Gasteiger partial charge in [0, 0.05) is 0 Å². The summed E-state index contributed by atoms with van der Waals surface area (Å²) >= 11 is 0. The zero-order valence-corrected chi connectivity index (χ0v) is 3.57. The van der Waals surface area contributed by atoms with Crippen LogP contribution in [-0.2, 0) is 17.4 Å². The standard InChI is InChI=1S/Cr.5FH/h;5*1H/q+2;;;;;/p-5. The summed E-state index contributed by atoms with van der Waals surface area (Å²) in [6, 6.07) is 0. The molecule has 44 valence electrons. The van der Waals surface area contributed by atoms with E-state index in [1.165, 1.54) is 0 Å². The van der Waals surface area contributed by atoms with Gasteiger partial charge in [0.05, 0.1) is 0 Å². The molecule has 0 nitrogen and oxygen atoms in total. The molecule has 0 aromatic carbocycles. The van der Waals surface area contributed by atoms with Gasteiger partial charge in [-0.2, -0.15) is 0 Å². The quantitative estimate of drug-likeness (QED) is 0.298. The predicted octanol–water partition coefficient (Wildman–Crippen LogP) is -15.0. The van der Waals surface area contributed by atoms with Crippen molar-refractivity contribution in [3.8, 4) is 0 Å². The molecule has 0 N–H and O–H groups in total. The fraction of sp³-hybridized carbons (Fsp3) is 0. The molecule has 6 heteroatoms. The van der Waals surface area contributed by atoms with E-state index in [-0.39, 0.29) is 40.9 Å². The summed E-state index contributed by atoms with van der Waals surface area (Å²) in [6.45, 7) is 0. The second-order valence-corrected chi connectivity index (χ2v) is 0. The van der Waals surface area contributed by atoms with E-state index in [0.717, 1.165) is 0 Å². The number of hydrogen-bond donors (Lipinski definition) is 0. The van der Waals surface area contributed by atoms with Crippen molar-refractivity contribution >= 4 is 0 Å². The molecule has 0 aliphatic heterocycles. The van der Waals surface area contributed by atoms with Crippen molar-refractivity contribution in [3.05, 3.63) is 0 Å². The van der Waals surface area contributed by atoms with Crippen molar-refractivity contribution in [2.45, 2.75) is 0 Å². The minimum Gasteiger partial charge on any atom is -1.00 e. The number of hydrogen-bond acceptors (Lipinski definition) is 0. The maximum Gasteiger partial charge on any atom is 2.00 e. The zero-order valence-electron chi connectivity index (χ0n) is 2.30. The Morgan fingerprint density at radius 1 is 0.333 bits per heavy atom. The van der Waals surface area contributed by atoms with Crippen molar-refractivity contribution in [2.75, 3.05) is 0 Å². The molecule has 0 saturated carbocycles. The van der Waals surface area contributed by atoms with Gasteiger partial charge in [-0.25, -0.2) is 0 Å². The predicted molar refractivity (Wildman–Crippen MR) is 0 cm³/mol. The second-order valence-electron chi connectivity index (χ2n) is 0. The molecule has 0 unspecified atom stereocenters. The first kappa shape index (κ1) is 4990. The van der Waals surface area contributed by atoms with E-state index in [2.05, 4.69) is 0 Å². The third-order valence-electron chi connectivity index (χ3n) is 0. The summed E-state index contributed by atoms with van der Waals surface area (Å²) in [7, 11) is 0. The molecule has 0 amide bonds. The van der Waals surface area contributed by atoms with Gasteiger partial charge in [0.15, 0.2) is 0 Å². The molecule has 0 aliphatic rings. The van der Waals surface area contributed by atoms with Gasteiger partial charge >= 0.3 is 17.4 Å². The van der Waals surface area contributed by atoms with E-state index >= 15 is 0 Å². The van der Waals surface area contributed by atoms with Crippen LogP contribution < -0.4 is 23.5 Å². The SMILES string of the molecule is [Cr+2].[F-].[F-].[F-].[F-].[F-]. The van der Waals surface area contributed by atoms with Crippen molar-refractivity contribution in [2.24, 2.45) is 0 Å². The topological polar surface area (TPSA) is 0 Å². The molecule has 0 radical (unpaired) electrons. The van der Waals surface area contributed by atoms with Crippen LogP contribution in [0.15, 0.2) is 0 Å². The summed E-state index contributed by atoms with van der Waals surface area (Å²) in [5.41, 5.74) is 0. The van der Waals surface area contributed by atoms with Gasteiger partial charge in [0.1, 0.15) is 0 Å². The Bertz CT molecular complexity index is 3.90. The molecule has 0 bridgehead atoms. The average Bonchev–Trinajstić information content (AvgIpc) is 0. The van der Waals surface area contributed by atoms with Gasteiger partial charge in [0.2, 0.25) is 0 Å². The first-order chi connectivity index (χ1) is 0. The normalized spacial score (nSPS) is 0. The zero-order chi connectivity index (χ0) is 0. The molecule has 0 fully saturated rings. The molecular weight excluding hydrogens is 147 g/mol. The third kappa shape index (κ3) is 1270. The summed E-state index contributed by atoms with van der Waals surface area (Å²) < 4.78 is 0. The number of halogens is 5. The summed E-state index contributed by atoms with van der Waals surface area (Å²) in [6.07, 6.45) is 0. The van der Waals surface area contributed by atoms with E-state index in [1.54, 1.807) is 0 Å². The van der Waals surface area contributed by atoms with Crippen LogP contribution in [-0.4, -0.2) is 0 Å². The van der Waals surface area contributed by atoms with E-state index < -0.39 is 0 Å². The van der Waals surface area contributed by atoms with Gasteiger partial charge < -0.3 is 23.5 Å². The largest absolute Gasteiger partial charge is 2.00 e. The van der Waals surface area contributed by atoms with Crippen LogP contribution in [0, 0.1) is 0 Å². The Morgan fingerprint density at radius 2 is 0.333 bits per heavy atom. The van der Waals surface area contributed by atoms with Crippen LogP contribution >= 0.6 is 0 Å². The van der Waals surface area contributed by atoms with Gasteiger partial charge in [-0.3, -0.25) is 0 Å². The molecule has 0 aliphatic carbocycles. The second kappa shape index (κ2) is 2720. The van der Waals surface area contributed by atoms with Crippen molar-refractivity contribution in [1.29, 1.82) is 0 Å². The van der Waals surface area contributed by atoms with E-state index in [0.29, 0.717) is 0 Å². The van der Waals surface area contributed by atoms with E-state index in [4.69, 9.17) is 0 Å². The Balaban J connectivity index is 0. The molecule has 0 aromatic rings. The van der Waals surface area contributed by atoms with Gasteiger partial charge in [-0.15, -0.1) is 0 Å². The molecule has 0 atom stereocenters. The Hall–Kier alpha value is 0.182. The molecular formula is CrF5-3. The first-order valence-corrected chi connectivity index (χ1v) is 0. The van der Waals surface area contributed by atoms with Gasteiger partial charge in [-0.05, 0) is 0 Å². The maximum atomic E-state index is 0. The third-order valence-corrected chi connectivity index (χ3v) is 0. The Morgan fingerprint density at radius 3 is 0.333 bits per heavy atom. The van der Waals surface area contributed by atoms with Crippen LogP contribution in [0.2, 0.25) is 0 Å². The molecule has 0 saturated heterocycles. The van der Waals surface area contributed by atoms with Crippen LogP contribution in [0.5, 0.6) is 0 Å². The van der Waals surface area contributed by atoms with Crippen LogP contribution in [0.4, 0.5) is 0 Å². The monoisotopic (exact) mass is 147 g/mol. The summed E-state index contributed by atoms with van der Waals surface area (Å²) in [5.74, 6) is 0. The van der Waals surface area contributed by atoms with E-state index in [9.17, 15) is 0 Å². The molecule has 0 rings (SSSR count). The minimum atomic E-state index is 0. The molecule has 0 aromatic heterocycles. The van der Waals surface area contributed by atoms with Crippen molar-refractivity contribution in [1.82, 2.24) is 0 Å². The fourth-order valence-electron chi connectivity index (χ4n) is 0. The Labute approximate surface area is 41.9 Å². The van der Waals surface area contributed by atoms with Crippen LogP contribution in [0.25, 0.3) is 0 Å². The fourth-order valence-corrected chi connectivity index (χ4v) is 0. The molecule has 0 heterocycles. The summed E-state index contributed by atoms with van der Waals surface area (Å²) in [5, 5.41) is 0. The van der Waals surface area contributed by atoms with Crippen molar-refractivity contribution in [3.63, 3.8) is 0 Å². The van der Waals surface area contributed by atoms with Crippen LogP contribution in [0.3, 0.4) is 0 Å². The van der Waals surface area contributed by atoms with Gasteiger partial charge in [0.25, 0.3) is 0 Å². The molecule has 0 spiro atoms. The minimum absolute atomic E-state index is 0. The smallest absolute Gasteiger partial charge is 1.00 e.